The van der Waals surface area contributed by atoms with Crippen molar-refractivity contribution in [2.75, 3.05) is 19.8 Å². The summed E-state index contributed by atoms with van der Waals surface area (Å²) in [6.45, 7) is 4.12. The van der Waals surface area contributed by atoms with Crippen LogP contribution in [-0.2, 0) is 6.42 Å². The zero-order valence-electron chi connectivity index (χ0n) is 11.3. The van der Waals surface area contributed by atoms with Gasteiger partial charge in [0.2, 0.25) is 6.39 Å². The van der Waals surface area contributed by atoms with E-state index in [4.69, 9.17) is 14.0 Å². The molecule has 1 N–H and O–H groups in total. The second-order valence-corrected chi connectivity index (χ2v) is 4.68. The number of aromatic nitrogens is 2. The minimum absolute atomic E-state index is 0.220. The third kappa shape index (κ3) is 2.91. The lowest BCUT2D eigenvalue weighted by atomic mass is 10.1. The predicted octanol–water partition coefficient (Wildman–Crippen LogP) is 1.73. The smallest absolute Gasteiger partial charge is 0.213 e. The molecule has 3 rings (SSSR count). The number of hydrogen-bond donors (Lipinski definition) is 1. The lowest BCUT2D eigenvalue weighted by molar-refractivity contribution is 0.171. The van der Waals surface area contributed by atoms with Crippen LogP contribution in [0.4, 0.5) is 0 Å². The van der Waals surface area contributed by atoms with Gasteiger partial charge in [0.15, 0.2) is 17.3 Å². The van der Waals surface area contributed by atoms with E-state index < -0.39 is 0 Å². The first kappa shape index (κ1) is 12.9. The largest absolute Gasteiger partial charge is 0.486 e. The summed E-state index contributed by atoms with van der Waals surface area (Å²) in [5.41, 5.74) is 1.17. The molecule has 1 atom stereocenters. The summed E-state index contributed by atoms with van der Waals surface area (Å²) < 4.78 is 15.8. The van der Waals surface area contributed by atoms with E-state index in [2.05, 4.69) is 28.4 Å². The third-order valence-corrected chi connectivity index (χ3v) is 3.27. The first-order chi connectivity index (χ1) is 9.83. The third-order valence-electron chi connectivity index (χ3n) is 3.27. The molecule has 0 fully saturated rings. The lowest BCUT2D eigenvalue weighted by Gasteiger charge is -2.21. The standard InChI is InChI=1S/C14H17N3O3/c1-10(15-5-4-14-16-9-20-17-14)11-2-3-12-13(8-11)19-7-6-18-12/h2-3,8-10,15H,4-7H2,1H3. The van der Waals surface area contributed by atoms with E-state index in [9.17, 15) is 0 Å². The molecule has 6 nitrogen and oxygen atoms in total. The molecular formula is C14H17N3O3. The van der Waals surface area contributed by atoms with Crippen molar-refractivity contribution in [2.45, 2.75) is 19.4 Å². The van der Waals surface area contributed by atoms with E-state index in [1.165, 1.54) is 12.0 Å². The van der Waals surface area contributed by atoms with E-state index in [0.29, 0.717) is 19.0 Å². The van der Waals surface area contributed by atoms with Crippen molar-refractivity contribution in [2.24, 2.45) is 0 Å². The fourth-order valence-electron chi connectivity index (χ4n) is 2.15. The highest BCUT2D eigenvalue weighted by atomic mass is 16.6. The molecule has 1 aromatic heterocycles. The van der Waals surface area contributed by atoms with Crippen molar-refractivity contribution < 1.29 is 14.0 Å². The van der Waals surface area contributed by atoms with Gasteiger partial charge in [0.25, 0.3) is 0 Å². The monoisotopic (exact) mass is 275 g/mol. The minimum Gasteiger partial charge on any atom is -0.486 e. The van der Waals surface area contributed by atoms with Crippen LogP contribution in [0.1, 0.15) is 24.4 Å². The Labute approximate surface area is 117 Å². The maximum absolute atomic E-state index is 5.59. The molecule has 1 aliphatic heterocycles. The molecule has 2 heterocycles. The van der Waals surface area contributed by atoms with Crippen molar-refractivity contribution in [3.8, 4) is 11.5 Å². The molecular weight excluding hydrogens is 258 g/mol. The Hall–Kier alpha value is -2.08. The minimum atomic E-state index is 0.220. The Morgan fingerprint density at radius 3 is 2.90 bits per heavy atom. The molecule has 1 aromatic carbocycles. The zero-order chi connectivity index (χ0) is 13.8. The quantitative estimate of drug-likeness (QED) is 0.896. The highest BCUT2D eigenvalue weighted by molar-refractivity contribution is 5.44. The van der Waals surface area contributed by atoms with Gasteiger partial charge < -0.3 is 19.3 Å². The van der Waals surface area contributed by atoms with Gasteiger partial charge in [0.1, 0.15) is 13.2 Å². The average Bonchev–Trinajstić information content (AvgIpc) is 3.00. The number of rotatable bonds is 5. The molecule has 0 spiro atoms. The molecule has 1 unspecified atom stereocenters. The van der Waals surface area contributed by atoms with E-state index in [1.54, 1.807) is 0 Å². The van der Waals surface area contributed by atoms with E-state index >= 15 is 0 Å². The Bertz CT molecular complexity index is 557. The number of hydrogen-bond acceptors (Lipinski definition) is 6. The van der Waals surface area contributed by atoms with Crippen LogP contribution >= 0.6 is 0 Å². The van der Waals surface area contributed by atoms with Gasteiger partial charge in [0, 0.05) is 19.0 Å². The lowest BCUT2D eigenvalue weighted by Crippen LogP contribution is -2.22. The van der Waals surface area contributed by atoms with Gasteiger partial charge >= 0.3 is 0 Å². The van der Waals surface area contributed by atoms with Gasteiger partial charge in [0.05, 0.1) is 0 Å². The summed E-state index contributed by atoms with van der Waals surface area (Å²) in [5.74, 6) is 2.35. The second-order valence-electron chi connectivity index (χ2n) is 4.68. The highest BCUT2D eigenvalue weighted by Crippen LogP contribution is 2.32. The molecule has 20 heavy (non-hydrogen) atoms. The molecule has 0 saturated carbocycles. The molecule has 106 valence electrons. The molecule has 0 aliphatic carbocycles. The van der Waals surface area contributed by atoms with Crippen LogP contribution in [0.3, 0.4) is 0 Å². The van der Waals surface area contributed by atoms with Crippen molar-refractivity contribution >= 4 is 0 Å². The van der Waals surface area contributed by atoms with Gasteiger partial charge in [-0.05, 0) is 24.6 Å². The van der Waals surface area contributed by atoms with E-state index in [0.717, 1.165) is 24.5 Å². The summed E-state index contributed by atoms with van der Waals surface area (Å²) in [6, 6.07) is 6.26. The first-order valence-corrected chi connectivity index (χ1v) is 6.71. The molecule has 0 radical (unpaired) electrons. The van der Waals surface area contributed by atoms with Gasteiger partial charge in [-0.3, -0.25) is 0 Å². The fourth-order valence-corrected chi connectivity index (χ4v) is 2.15. The van der Waals surface area contributed by atoms with E-state index in [-0.39, 0.29) is 6.04 Å². The second kappa shape index (κ2) is 5.92. The SMILES string of the molecule is CC(NCCc1ncon1)c1ccc2c(c1)OCCO2. The van der Waals surface area contributed by atoms with Gasteiger partial charge in [-0.1, -0.05) is 11.2 Å². The molecule has 0 bridgehead atoms. The Balaban J connectivity index is 1.57. The highest BCUT2D eigenvalue weighted by Gasteiger charge is 2.14. The van der Waals surface area contributed by atoms with Gasteiger partial charge in [-0.2, -0.15) is 4.98 Å². The summed E-state index contributed by atoms with van der Waals surface area (Å²) in [4.78, 5) is 3.99. The van der Waals surface area contributed by atoms with Crippen molar-refractivity contribution in [1.82, 2.24) is 15.5 Å². The Morgan fingerprint density at radius 2 is 2.10 bits per heavy atom. The van der Waals surface area contributed by atoms with E-state index in [1.807, 2.05) is 12.1 Å². The Kier molecular flexibility index (Phi) is 3.83. The maximum atomic E-state index is 5.59. The van der Waals surface area contributed by atoms with Crippen LogP contribution < -0.4 is 14.8 Å². The van der Waals surface area contributed by atoms with Crippen LogP contribution in [0.25, 0.3) is 0 Å². The number of benzene rings is 1. The van der Waals surface area contributed by atoms with Crippen molar-refractivity contribution in [3.63, 3.8) is 0 Å². The molecule has 6 heteroatoms. The summed E-state index contributed by atoms with van der Waals surface area (Å²) in [5, 5.41) is 7.21. The maximum Gasteiger partial charge on any atom is 0.213 e. The van der Waals surface area contributed by atoms with Crippen molar-refractivity contribution in [1.29, 1.82) is 0 Å². The molecule has 2 aromatic rings. The first-order valence-electron chi connectivity index (χ1n) is 6.71. The van der Waals surface area contributed by atoms with Gasteiger partial charge in [-0.25, -0.2) is 0 Å². The van der Waals surface area contributed by atoms with Crippen molar-refractivity contribution in [3.05, 3.63) is 36.0 Å². The number of ether oxygens (including phenoxy) is 2. The van der Waals surface area contributed by atoms with Crippen LogP contribution in [0.15, 0.2) is 29.1 Å². The predicted molar refractivity (Wildman–Crippen MR) is 71.9 cm³/mol. The van der Waals surface area contributed by atoms with Crippen LogP contribution in [0, 0.1) is 0 Å². The molecule has 0 amide bonds. The summed E-state index contributed by atoms with van der Waals surface area (Å²) >= 11 is 0. The Morgan fingerprint density at radius 1 is 1.25 bits per heavy atom. The zero-order valence-corrected chi connectivity index (χ0v) is 11.3. The average molecular weight is 275 g/mol. The topological polar surface area (TPSA) is 69.4 Å². The van der Waals surface area contributed by atoms with Gasteiger partial charge in [-0.15, -0.1) is 0 Å². The number of nitrogens with one attached hydrogen (secondary N) is 1. The summed E-state index contributed by atoms with van der Waals surface area (Å²) in [6.07, 6.45) is 2.09. The van der Waals surface area contributed by atoms with Crippen LogP contribution in [0.2, 0.25) is 0 Å². The molecule has 0 saturated heterocycles. The molecule has 1 aliphatic rings. The number of nitrogens with zero attached hydrogens (tertiary/aromatic N) is 2. The van der Waals surface area contributed by atoms with Crippen LogP contribution in [-0.4, -0.2) is 29.9 Å². The summed E-state index contributed by atoms with van der Waals surface area (Å²) in [7, 11) is 0. The van der Waals surface area contributed by atoms with Crippen LogP contribution in [0.5, 0.6) is 11.5 Å². The normalized spacial score (nSPS) is 15.1. The number of fused-ring (bicyclic) bond motifs is 1. The fraction of sp³-hybridized carbons (Fsp3) is 0.429.